The predicted molar refractivity (Wildman–Crippen MR) is 81.6 cm³/mol. The summed E-state index contributed by atoms with van der Waals surface area (Å²) in [5.74, 6) is -0.321. The van der Waals surface area contributed by atoms with Crippen molar-refractivity contribution in [2.24, 2.45) is 17.8 Å². The Bertz CT molecular complexity index is 480. The van der Waals surface area contributed by atoms with E-state index in [0.29, 0.717) is 12.8 Å². The van der Waals surface area contributed by atoms with Crippen LogP contribution in [0.1, 0.15) is 45.4 Å². The molecule has 5 nitrogen and oxygen atoms in total. The van der Waals surface area contributed by atoms with Crippen molar-refractivity contribution in [1.82, 2.24) is 10.2 Å². The lowest BCUT2D eigenvalue weighted by Gasteiger charge is -2.27. The molecule has 3 amide bonds. The van der Waals surface area contributed by atoms with E-state index in [1.807, 2.05) is 12.2 Å². The Hall–Kier alpha value is -1.65. The Labute approximate surface area is 131 Å². The van der Waals surface area contributed by atoms with Crippen LogP contribution >= 0.6 is 0 Å². The van der Waals surface area contributed by atoms with E-state index in [0.717, 1.165) is 31.6 Å². The molecule has 120 valence electrons. The van der Waals surface area contributed by atoms with E-state index >= 15 is 0 Å². The maximum absolute atomic E-state index is 12.3. The molecule has 1 saturated heterocycles. The molecule has 3 aliphatic rings. The SMILES string of the molecule is CC1CCC(NC(=O)CN2C(=O)[C@H]3CC=CC[C@H]3C2=O)CC1. The average Bonchev–Trinajstić information content (AvgIpc) is 2.75. The summed E-state index contributed by atoms with van der Waals surface area (Å²) >= 11 is 0. The van der Waals surface area contributed by atoms with Crippen molar-refractivity contribution in [2.75, 3.05) is 6.54 Å². The molecule has 1 N–H and O–H groups in total. The molecule has 2 atom stereocenters. The number of nitrogens with zero attached hydrogens (tertiary/aromatic N) is 1. The van der Waals surface area contributed by atoms with Crippen molar-refractivity contribution in [3.63, 3.8) is 0 Å². The van der Waals surface area contributed by atoms with E-state index in [1.165, 1.54) is 4.90 Å². The molecule has 2 fully saturated rings. The molecule has 0 spiro atoms. The minimum Gasteiger partial charge on any atom is -0.352 e. The third-order valence-electron chi connectivity index (χ3n) is 5.28. The first-order chi connectivity index (χ1) is 10.6. The van der Waals surface area contributed by atoms with Gasteiger partial charge in [-0.2, -0.15) is 0 Å². The smallest absolute Gasteiger partial charge is 0.240 e. The fraction of sp³-hybridized carbons (Fsp3) is 0.706. The molecule has 3 rings (SSSR count). The average molecular weight is 304 g/mol. The van der Waals surface area contributed by atoms with E-state index in [1.54, 1.807) is 0 Å². The first-order valence-electron chi connectivity index (χ1n) is 8.36. The standard InChI is InChI=1S/C17H24N2O3/c1-11-6-8-12(9-7-11)18-15(20)10-19-16(21)13-4-2-3-5-14(13)17(19)22/h2-3,11-14H,4-10H2,1H3,(H,18,20)/t11?,12?,13-,14+. The lowest BCUT2D eigenvalue weighted by atomic mass is 9.85. The second kappa shape index (κ2) is 6.23. The summed E-state index contributed by atoms with van der Waals surface area (Å²) in [5.41, 5.74) is 0. The number of carbonyl (C=O) groups excluding carboxylic acids is 3. The maximum atomic E-state index is 12.3. The quantitative estimate of drug-likeness (QED) is 0.636. The molecule has 0 bridgehead atoms. The van der Waals surface area contributed by atoms with Crippen LogP contribution in [0, 0.1) is 17.8 Å². The number of hydrogen-bond donors (Lipinski definition) is 1. The molecule has 22 heavy (non-hydrogen) atoms. The lowest BCUT2D eigenvalue weighted by molar-refractivity contribution is -0.143. The molecule has 0 aromatic rings. The van der Waals surface area contributed by atoms with Gasteiger partial charge in [0.2, 0.25) is 17.7 Å². The highest BCUT2D eigenvalue weighted by atomic mass is 16.2. The zero-order valence-electron chi connectivity index (χ0n) is 13.1. The largest absolute Gasteiger partial charge is 0.352 e. The normalized spacial score (nSPS) is 34.7. The first kappa shape index (κ1) is 15.3. The van der Waals surface area contributed by atoms with Gasteiger partial charge >= 0.3 is 0 Å². The summed E-state index contributed by atoms with van der Waals surface area (Å²) < 4.78 is 0. The molecular formula is C17H24N2O3. The van der Waals surface area contributed by atoms with Gasteiger partial charge in [-0.05, 0) is 44.4 Å². The van der Waals surface area contributed by atoms with Crippen LogP contribution in [-0.4, -0.2) is 35.2 Å². The van der Waals surface area contributed by atoms with E-state index < -0.39 is 0 Å². The topological polar surface area (TPSA) is 66.5 Å². The number of nitrogens with one attached hydrogen (secondary N) is 1. The van der Waals surface area contributed by atoms with Gasteiger partial charge in [0, 0.05) is 6.04 Å². The second-order valence-electron chi connectivity index (χ2n) is 6.94. The van der Waals surface area contributed by atoms with Crippen molar-refractivity contribution in [3.8, 4) is 0 Å². The fourth-order valence-electron chi connectivity index (χ4n) is 3.85. The van der Waals surface area contributed by atoms with Crippen molar-refractivity contribution in [3.05, 3.63) is 12.2 Å². The van der Waals surface area contributed by atoms with Gasteiger partial charge in [0.25, 0.3) is 0 Å². The molecule has 0 aromatic heterocycles. The summed E-state index contributed by atoms with van der Waals surface area (Å²) in [6.07, 6.45) is 9.39. The van der Waals surface area contributed by atoms with E-state index in [2.05, 4.69) is 12.2 Å². The minimum absolute atomic E-state index is 0.114. The zero-order chi connectivity index (χ0) is 15.7. The van der Waals surface area contributed by atoms with Gasteiger partial charge in [-0.1, -0.05) is 19.1 Å². The van der Waals surface area contributed by atoms with Crippen molar-refractivity contribution < 1.29 is 14.4 Å². The number of allylic oxidation sites excluding steroid dienone is 2. The lowest BCUT2D eigenvalue weighted by Crippen LogP contribution is -2.45. The highest BCUT2D eigenvalue weighted by Crippen LogP contribution is 2.34. The molecule has 0 radical (unpaired) electrons. The zero-order valence-corrected chi connectivity index (χ0v) is 13.1. The molecule has 0 unspecified atom stereocenters. The number of hydrogen-bond acceptors (Lipinski definition) is 3. The third kappa shape index (κ3) is 2.94. The Balaban J connectivity index is 1.55. The van der Waals surface area contributed by atoms with Gasteiger partial charge in [-0.15, -0.1) is 0 Å². The van der Waals surface area contributed by atoms with Gasteiger partial charge in [0.05, 0.1) is 11.8 Å². The van der Waals surface area contributed by atoms with Crippen LogP contribution in [0.2, 0.25) is 0 Å². The predicted octanol–water partition coefficient (Wildman–Crippen LogP) is 1.63. The van der Waals surface area contributed by atoms with Crippen molar-refractivity contribution in [1.29, 1.82) is 0 Å². The van der Waals surface area contributed by atoms with Crippen LogP contribution in [-0.2, 0) is 14.4 Å². The molecule has 5 heteroatoms. The van der Waals surface area contributed by atoms with Crippen molar-refractivity contribution >= 4 is 17.7 Å². The summed E-state index contributed by atoms with van der Waals surface area (Å²) in [6, 6.07) is 0.195. The van der Waals surface area contributed by atoms with Crippen LogP contribution in [0.5, 0.6) is 0 Å². The van der Waals surface area contributed by atoms with E-state index in [-0.39, 0.29) is 42.1 Å². The molecule has 1 saturated carbocycles. The molecule has 0 aromatic carbocycles. The highest BCUT2D eigenvalue weighted by Gasteiger charge is 2.47. The fourth-order valence-corrected chi connectivity index (χ4v) is 3.85. The highest BCUT2D eigenvalue weighted by molar-refractivity contribution is 6.07. The summed E-state index contributed by atoms with van der Waals surface area (Å²) in [4.78, 5) is 38.0. The number of rotatable bonds is 3. The van der Waals surface area contributed by atoms with Gasteiger partial charge in [0.15, 0.2) is 0 Å². The Morgan fingerprint density at radius 1 is 1.09 bits per heavy atom. The Kier molecular flexibility index (Phi) is 4.32. The van der Waals surface area contributed by atoms with Crippen LogP contribution < -0.4 is 5.32 Å². The number of amides is 3. The van der Waals surface area contributed by atoms with E-state index in [9.17, 15) is 14.4 Å². The summed E-state index contributed by atoms with van der Waals surface area (Å²) in [5, 5.41) is 2.99. The number of likely N-dealkylation sites (tertiary alicyclic amines) is 1. The Morgan fingerprint density at radius 3 is 2.18 bits per heavy atom. The molecule has 2 aliphatic carbocycles. The van der Waals surface area contributed by atoms with Crippen LogP contribution in [0.25, 0.3) is 0 Å². The molecular weight excluding hydrogens is 280 g/mol. The van der Waals surface area contributed by atoms with Crippen molar-refractivity contribution in [2.45, 2.75) is 51.5 Å². The van der Waals surface area contributed by atoms with Crippen LogP contribution in [0.4, 0.5) is 0 Å². The summed E-state index contributed by atoms with van der Waals surface area (Å²) in [7, 11) is 0. The summed E-state index contributed by atoms with van der Waals surface area (Å²) in [6.45, 7) is 2.12. The maximum Gasteiger partial charge on any atom is 0.240 e. The van der Waals surface area contributed by atoms with Gasteiger partial charge in [0.1, 0.15) is 6.54 Å². The monoisotopic (exact) mass is 304 g/mol. The second-order valence-corrected chi connectivity index (χ2v) is 6.94. The Morgan fingerprint density at radius 2 is 1.64 bits per heavy atom. The van der Waals surface area contributed by atoms with Gasteiger partial charge in [-0.3, -0.25) is 19.3 Å². The molecule has 1 heterocycles. The first-order valence-corrected chi connectivity index (χ1v) is 8.36. The van der Waals surface area contributed by atoms with Crippen LogP contribution in [0.15, 0.2) is 12.2 Å². The van der Waals surface area contributed by atoms with E-state index in [4.69, 9.17) is 0 Å². The number of imide groups is 1. The van der Waals surface area contributed by atoms with Gasteiger partial charge in [-0.25, -0.2) is 0 Å². The van der Waals surface area contributed by atoms with Crippen LogP contribution in [0.3, 0.4) is 0 Å². The van der Waals surface area contributed by atoms with Gasteiger partial charge < -0.3 is 5.32 Å². The number of fused-ring (bicyclic) bond motifs is 1. The third-order valence-corrected chi connectivity index (χ3v) is 5.28. The molecule has 1 aliphatic heterocycles. The minimum atomic E-state index is -0.249. The number of carbonyl (C=O) groups is 3.